The standard InChI is InChI=1S/C18H28BrN/c1-12-7-13(2)16(15(19)8-12)20-14-9-17(3,4)11-18(5,6)10-14/h7-8,14,20H,9-11H2,1-6H3. The summed E-state index contributed by atoms with van der Waals surface area (Å²) in [6.07, 6.45) is 3.80. The molecule has 0 radical (unpaired) electrons. The van der Waals surface area contributed by atoms with Gasteiger partial charge in [-0.3, -0.25) is 0 Å². The maximum atomic E-state index is 3.81. The summed E-state index contributed by atoms with van der Waals surface area (Å²) in [5, 5.41) is 3.81. The zero-order valence-electron chi connectivity index (χ0n) is 13.7. The number of nitrogens with one attached hydrogen (secondary N) is 1. The summed E-state index contributed by atoms with van der Waals surface area (Å²) in [7, 11) is 0. The minimum atomic E-state index is 0.421. The molecule has 1 saturated carbocycles. The Hall–Kier alpha value is -0.500. The van der Waals surface area contributed by atoms with Crippen molar-refractivity contribution in [2.45, 2.75) is 66.8 Å². The SMILES string of the molecule is Cc1cc(C)c(NC2CC(C)(C)CC(C)(C)C2)c(Br)c1. The smallest absolute Gasteiger partial charge is 0.0516 e. The summed E-state index contributed by atoms with van der Waals surface area (Å²) < 4.78 is 1.19. The predicted molar refractivity (Wildman–Crippen MR) is 92.4 cm³/mol. The van der Waals surface area contributed by atoms with Gasteiger partial charge in [0.1, 0.15) is 0 Å². The second kappa shape index (κ2) is 5.36. The molecule has 0 amide bonds. The summed E-state index contributed by atoms with van der Waals surface area (Å²) in [6, 6.07) is 5.02. The van der Waals surface area contributed by atoms with Crippen LogP contribution in [0.2, 0.25) is 0 Å². The molecular formula is C18H28BrN. The third-order valence-corrected chi connectivity index (χ3v) is 4.96. The van der Waals surface area contributed by atoms with Gasteiger partial charge in [0, 0.05) is 10.5 Å². The molecule has 1 aromatic rings. The third-order valence-electron chi connectivity index (χ3n) is 4.34. The average molecular weight is 338 g/mol. The Morgan fingerprint density at radius 2 is 1.60 bits per heavy atom. The van der Waals surface area contributed by atoms with Crippen LogP contribution >= 0.6 is 15.9 Å². The van der Waals surface area contributed by atoms with Gasteiger partial charge in [-0.15, -0.1) is 0 Å². The number of hydrogen-bond donors (Lipinski definition) is 1. The Morgan fingerprint density at radius 1 is 1.05 bits per heavy atom. The molecule has 20 heavy (non-hydrogen) atoms. The molecule has 1 nitrogen and oxygen atoms in total. The molecule has 1 aromatic carbocycles. The van der Waals surface area contributed by atoms with Crippen molar-refractivity contribution in [3.63, 3.8) is 0 Å². The molecule has 1 aliphatic rings. The van der Waals surface area contributed by atoms with E-state index in [2.05, 4.69) is 74.9 Å². The molecule has 1 N–H and O–H groups in total. The third kappa shape index (κ3) is 3.78. The first-order valence-electron chi connectivity index (χ1n) is 7.61. The minimum Gasteiger partial charge on any atom is -0.381 e. The fourth-order valence-corrected chi connectivity index (χ4v) is 5.04. The van der Waals surface area contributed by atoms with Gasteiger partial charge in [0.15, 0.2) is 0 Å². The lowest BCUT2D eigenvalue weighted by Crippen LogP contribution is -2.40. The van der Waals surface area contributed by atoms with Crippen LogP contribution in [0.4, 0.5) is 5.69 Å². The summed E-state index contributed by atoms with van der Waals surface area (Å²) in [6.45, 7) is 14.0. The molecule has 0 unspecified atom stereocenters. The molecular weight excluding hydrogens is 310 g/mol. The first-order chi connectivity index (χ1) is 9.08. The van der Waals surface area contributed by atoms with Crippen molar-refractivity contribution in [3.8, 4) is 0 Å². The molecule has 2 heteroatoms. The number of benzene rings is 1. The summed E-state index contributed by atoms with van der Waals surface area (Å²) in [5.74, 6) is 0. The van der Waals surface area contributed by atoms with Crippen LogP contribution in [0, 0.1) is 24.7 Å². The second-order valence-electron chi connectivity index (χ2n) is 8.19. The molecule has 0 heterocycles. The largest absolute Gasteiger partial charge is 0.381 e. The highest BCUT2D eigenvalue weighted by Crippen LogP contribution is 2.46. The Bertz CT molecular complexity index is 463. The van der Waals surface area contributed by atoms with Gasteiger partial charge in [0.05, 0.1) is 5.69 Å². The topological polar surface area (TPSA) is 12.0 Å². The number of hydrogen-bond acceptors (Lipinski definition) is 1. The van der Waals surface area contributed by atoms with E-state index in [4.69, 9.17) is 0 Å². The zero-order chi connectivity index (χ0) is 15.1. The molecule has 0 saturated heterocycles. The van der Waals surface area contributed by atoms with Crippen molar-refractivity contribution in [1.82, 2.24) is 0 Å². The maximum absolute atomic E-state index is 3.81. The lowest BCUT2D eigenvalue weighted by Gasteiger charge is -2.45. The van der Waals surface area contributed by atoms with Crippen LogP contribution in [0.25, 0.3) is 0 Å². The Kier molecular flexibility index (Phi) is 4.26. The van der Waals surface area contributed by atoms with Gasteiger partial charge in [-0.2, -0.15) is 0 Å². The van der Waals surface area contributed by atoms with Crippen LogP contribution in [-0.2, 0) is 0 Å². The van der Waals surface area contributed by atoms with Crippen molar-refractivity contribution in [2.75, 3.05) is 5.32 Å². The Balaban J connectivity index is 2.22. The van der Waals surface area contributed by atoms with Crippen LogP contribution in [0.5, 0.6) is 0 Å². The summed E-state index contributed by atoms with van der Waals surface area (Å²) in [5.41, 5.74) is 4.76. The molecule has 0 aromatic heterocycles. The fourth-order valence-electron chi connectivity index (χ4n) is 4.25. The van der Waals surface area contributed by atoms with Crippen molar-refractivity contribution in [1.29, 1.82) is 0 Å². The van der Waals surface area contributed by atoms with Crippen molar-refractivity contribution in [2.24, 2.45) is 10.8 Å². The molecule has 1 fully saturated rings. The summed E-state index contributed by atoms with van der Waals surface area (Å²) in [4.78, 5) is 0. The van der Waals surface area contributed by atoms with Gasteiger partial charge in [-0.25, -0.2) is 0 Å². The number of aryl methyl sites for hydroxylation is 2. The van der Waals surface area contributed by atoms with Crippen molar-refractivity contribution >= 4 is 21.6 Å². The number of anilines is 1. The van der Waals surface area contributed by atoms with E-state index < -0.39 is 0 Å². The average Bonchev–Trinajstić information content (AvgIpc) is 2.18. The highest BCUT2D eigenvalue weighted by molar-refractivity contribution is 9.10. The van der Waals surface area contributed by atoms with Crippen molar-refractivity contribution < 1.29 is 0 Å². The van der Waals surface area contributed by atoms with E-state index in [1.54, 1.807) is 0 Å². The number of rotatable bonds is 2. The van der Waals surface area contributed by atoms with Crippen molar-refractivity contribution in [3.05, 3.63) is 27.7 Å². The Labute approximate surface area is 132 Å². The van der Waals surface area contributed by atoms with E-state index in [0.29, 0.717) is 16.9 Å². The van der Waals surface area contributed by atoms with Gasteiger partial charge in [0.2, 0.25) is 0 Å². The van der Waals surface area contributed by atoms with E-state index in [9.17, 15) is 0 Å². The van der Waals surface area contributed by atoms with E-state index in [1.807, 2.05) is 0 Å². The monoisotopic (exact) mass is 337 g/mol. The quantitative estimate of drug-likeness (QED) is 0.689. The van der Waals surface area contributed by atoms with E-state index >= 15 is 0 Å². The predicted octanol–water partition coefficient (Wildman–Crippen LogP) is 6.08. The molecule has 2 rings (SSSR count). The first kappa shape index (κ1) is 15.9. The fraction of sp³-hybridized carbons (Fsp3) is 0.667. The van der Waals surface area contributed by atoms with Gasteiger partial charge < -0.3 is 5.32 Å². The highest BCUT2D eigenvalue weighted by Gasteiger charge is 2.38. The summed E-state index contributed by atoms with van der Waals surface area (Å²) >= 11 is 3.72. The van der Waals surface area contributed by atoms with Crippen LogP contribution in [0.1, 0.15) is 58.1 Å². The molecule has 1 aliphatic carbocycles. The van der Waals surface area contributed by atoms with Crippen LogP contribution in [0.15, 0.2) is 16.6 Å². The first-order valence-corrected chi connectivity index (χ1v) is 8.41. The van der Waals surface area contributed by atoms with Gasteiger partial charge >= 0.3 is 0 Å². The lowest BCUT2D eigenvalue weighted by atomic mass is 9.63. The normalized spacial score (nSPS) is 21.8. The zero-order valence-corrected chi connectivity index (χ0v) is 15.3. The molecule has 0 atom stereocenters. The van der Waals surface area contributed by atoms with E-state index in [-0.39, 0.29) is 0 Å². The molecule has 0 spiro atoms. The van der Waals surface area contributed by atoms with Gasteiger partial charge in [-0.1, -0.05) is 33.8 Å². The molecule has 0 bridgehead atoms. The lowest BCUT2D eigenvalue weighted by molar-refractivity contribution is 0.105. The van der Waals surface area contributed by atoms with E-state index in [0.717, 1.165) is 0 Å². The molecule has 112 valence electrons. The van der Waals surface area contributed by atoms with E-state index in [1.165, 1.54) is 40.5 Å². The second-order valence-corrected chi connectivity index (χ2v) is 9.05. The molecule has 0 aliphatic heterocycles. The maximum Gasteiger partial charge on any atom is 0.0516 e. The van der Waals surface area contributed by atoms with Crippen LogP contribution in [0.3, 0.4) is 0 Å². The highest BCUT2D eigenvalue weighted by atomic mass is 79.9. The van der Waals surface area contributed by atoms with Crippen LogP contribution in [-0.4, -0.2) is 6.04 Å². The Morgan fingerprint density at radius 3 is 2.10 bits per heavy atom. The van der Waals surface area contributed by atoms with Crippen LogP contribution < -0.4 is 5.32 Å². The van der Waals surface area contributed by atoms with Gasteiger partial charge in [-0.05, 0) is 77.1 Å². The number of halogens is 1. The minimum absolute atomic E-state index is 0.421. The van der Waals surface area contributed by atoms with Gasteiger partial charge in [0.25, 0.3) is 0 Å².